The zero-order chi connectivity index (χ0) is 11.2. The van der Waals surface area contributed by atoms with Gasteiger partial charge in [0.25, 0.3) is 0 Å². The van der Waals surface area contributed by atoms with Crippen LogP contribution < -0.4 is 5.32 Å². The van der Waals surface area contributed by atoms with E-state index in [1.54, 1.807) is 0 Å². The third kappa shape index (κ3) is 4.30. The molecule has 0 unspecified atom stereocenters. The summed E-state index contributed by atoms with van der Waals surface area (Å²) in [7, 11) is 0. The van der Waals surface area contributed by atoms with Crippen LogP contribution in [0.5, 0.6) is 0 Å². The fraction of sp³-hybridized carbons (Fsp3) is 0.571. The molecular formula is C14H22ClNO. The SMILES string of the molecule is CCN[C@H](Cc1ccccc1)[C@H]1CCCO1.Cl. The quantitative estimate of drug-likeness (QED) is 0.874. The Labute approximate surface area is 110 Å². The molecule has 1 aliphatic rings. The Morgan fingerprint density at radius 1 is 1.35 bits per heavy atom. The summed E-state index contributed by atoms with van der Waals surface area (Å²) in [5.74, 6) is 0. The molecule has 2 atom stereocenters. The lowest BCUT2D eigenvalue weighted by Crippen LogP contribution is -2.41. The maximum atomic E-state index is 5.78. The highest BCUT2D eigenvalue weighted by Gasteiger charge is 2.25. The van der Waals surface area contributed by atoms with Crippen LogP contribution in [0.25, 0.3) is 0 Å². The molecule has 2 rings (SSSR count). The molecule has 1 aromatic rings. The minimum atomic E-state index is 0. The summed E-state index contributed by atoms with van der Waals surface area (Å²) >= 11 is 0. The average Bonchev–Trinajstić information content (AvgIpc) is 2.83. The van der Waals surface area contributed by atoms with Gasteiger partial charge in [0.2, 0.25) is 0 Å². The Balaban J connectivity index is 0.00000144. The van der Waals surface area contributed by atoms with E-state index in [4.69, 9.17) is 4.74 Å². The number of rotatable bonds is 5. The fourth-order valence-electron chi connectivity index (χ4n) is 2.39. The van der Waals surface area contributed by atoms with Crippen molar-refractivity contribution in [3.8, 4) is 0 Å². The topological polar surface area (TPSA) is 21.3 Å². The number of likely N-dealkylation sites (N-methyl/N-ethyl adjacent to an activating group) is 1. The molecule has 0 saturated carbocycles. The van der Waals surface area contributed by atoms with E-state index in [1.165, 1.54) is 18.4 Å². The van der Waals surface area contributed by atoms with Gasteiger partial charge in [0.1, 0.15) is 0 Å². The molecule has 0 aromatic heterocycles. The van der Waals surface area contributed by atoms with Gasteiger partial charge in [-0.15, -0.1) is 12.4 Å². The van der Waals surface area contributed by atoms with Gasteiger partial charge in [-0.25, -0.2) is 0 Å². The molecule has 3 heteroatoms. The smallest absolute Gasteiger partial charge is 0.0732 e. The predicted molar refractivity (Wildman–Crippen MR) is 73.8 cm³/mol. The molecule has 1 aliphatic heterocycles. The van der Waals surface area contributed by atoms with Crippen molar-refractivity contribution in [2.75, 3.05) is 13.2 Å². The largest absolute Gasteiger partial charge is 0.377 e. The number of hydrogen-bond acceptors (Lipinski definition) is 2. The normalized spacial score (nSPS) is 20.9. The fourth-order valence-corrected chi connectivity index (χ4v) is 2.39. The minimum absolute atomic E-state index is 0. The van der Waals surface area contributed by atoms with Gasteiger partial charge >= 0.3 is 0 Å². The first-order chi connectivity index (χ1) is 7.90. The summed E-state index contributed by atoms with van der Waals surface area (Å²) in [6.45, 7) is 4.10. The molecule has 17 heavy (non-hydrogen) atoms. The highest BCUT2D eigenvalue weighted by Crippen LogP contribution is 2.18. The van der Waals surface area contributed by atoms with Crippen molar-refractivity contribution in [2.45, 2.75) is 38.3 Å². The first-order valence-corrected chi connectivity index (χ1v) is 6.29. The van der Waals surface area contributed by atoms with Crippen molar-refractivity contribution in [1.82, 2.24) is 5.32 Å². The van der Waals surface area contributed by atoms with E-state index in [2.05, 4.69) is 42.6 Å². The minimum Gasteiger partial charge on any atom is -0.377 e. The van der Waals surface area contributed by atoms with Crippen molar-refractivity contribution in [3.05, 3.63) is 35.9 Å². The van der Waals surface area contributed by atoms with Crippen molar-refractivity contribution < 1.29 is 4.74 Å². The Bertz CT molecular complexity index is 298. The van der Waals surface area contributed by atoms with Crippen LogP contribution in [0.4, 0.5) is 0 Å². The van der Waals surface area contributed by atoms with Gasteiger partial charge in [0, 0.05) is 12.6 Å². The molecule has 0 amide bonds. The average molecular weight is 256 g/mol. The van der Waals surface area contributed by atoms with E-state index >= 15 is 0 Å². The van der Waals surface area contributed by atoms with Crippen LogP contribution >= 0.6 is 12.4 Å². The second-order valence-electron chi connectivity index (χ2n) is 4.41. The first-order valence-electron chi connectivity index (χ1n) is 6.29. The Morgan fingerprint density at radius 2 is 2.12 bits per heavy atom. The van der Waals surface area contributed by atoms with Crippen molar-refractivity contribution in [3.63, 3.8) is 0 Å². The molecule has 0 spiro atoms. The zero-order valence-electron chi connectivity index (χ0n) is 10.4. The number of ether oxygens (including phenoxy) is 1. The summed E-state index contributed by atoms with van der Waals surface area (Å²) in [6.07, 6.45) is 3.88. The third-order valence-electron chi connectivity index (χ3n) is 3.18. The predicted octanol–water partition coefficient (Wildman–Crippen LogP) is 2.81. The van der Waals surface area contributed by atoms with E-state index in [0.717, 1.165) is 19.6 Å². The second kappa shape index (κ2) is 7.70. The Kier molecular flexibility index (Phi) is 6.56. The van der Waals surface area contributed by atoms with E-state index in [-0.39, 0.29) is 12.4 Å². The summed E-state index contributed by atoms with van der Waals surface area (Å²) in [6, 6.07) is 11.1. The molecule has 0 aliphatic carbocycles. The molecular weight excluding hydrogens is 234 g/mol. The number of hydrogen-bond donors (Lipinski definition) is 1. The van der Waals surface area contributed by atoms with Crippen LogP contribution in [0, 0.1) is 0 Å². The molecule has 0 bridgehead atoms. The van der Waals surface area contributed by atoms with Crippen LogP contribution in [0.2, 0.25) is 0 Å². The molecule has 2 nitrogen and oxygen atoms in total. The van der Waals surface area contributed by atoms with Gasteiger partial charge in [0.15, 0.2) is 0 Å². The molecule has 0 radical (unpaired) electrons. The number of halogens is 1. The lowest BCUT2D eigenvalue weighted by atomic mass is 9.99. The second-order valence-corrected chi connectivity index (χ2v) is 4.41. The Hall–Kier alpha value is -0.570. The summed E-state index contributed by atoms with van der Waals surface area (Å²) < 4.78 is 5.78. The van der Waals surface area contributed by atoms with Gasteiger partial charge in [-0.2, -0.15) is 0 Å². The molecule has 1 heterocycles. The van der Waals surface area contributed by atoms with Crippen LogP contribution in [0.15, 0.2) is 30.3 Å². The highest BCUT2D eigenvalue weighted by atomic mass is 35.5. The van der Waals surface area contributed by atoms with Crippen molar-refractivity contribution >= 4 is 12.4 Å². The van der Waals surface area contributed by atoms with Gasteiger partial charge in [-0.3, -0.25) is 0 Å². The van der Waals surface area contributed by atoms with Crippen LogP contribution in [-0.4, -0.2) is 25.3 Å². The molecule has 1 fully saturated rings. The summed E-state index contributed by atoms with van der Waals surface area (Å²) in [4.78, 5) is 0. The standard InChI is InChI=1S/C14H21NO.ClH/c1-2-15-13(14-9-6-10-16-14)11-12-7-4-3-5-8-12;/h3-5,7-8,13-15H,2,6,9-11H2,1H3;1H/t13-,14-;/m1./s1. The van der Waals surface area contributed by atoms with Gasteiger partial charge < -0.3 is 10.1 Å². The lowest BCUT2D eigenvalue weighted by Gasteiger charge is -2.23. The maximum absolute atomic E-state index is 5.78. The highest BCUT2D eigenvalue weighted by molar-refractivity contribution is 5.85. The third-order valence-corrected chi connectivity index (χ3v) is 3.18. The zero-order valence-corrected chi connectivity index (χ0v) is 11.2. The molecule has 1 aromatic carbocycles. The summed E-state index contributed by atoms with van der Waals surface area (Å²) in [5, 5.41) is 3.55. The van der Waals surface area contributed by atoms with Crippen LogP contribution in [0.1, 0.15) is 25.3 Å². The van der Waals surface area contributed by atoms with Gasteiger partial charge in [-0.05, 0) is 31.4 Å². The molecule has 1 N–H and O–H groups in total. The first kappa shape index (κ1) is 14.5. The van der Waals surface area contributed by atoms with E-state index < -0.39 is 0 Å². The van der Waals surface area contributed by atoms with Crippen LogP contribution in [0.3, 0.4) is 0 Å². The van der Waals surface area contributed by atoms with Crippen molar-refractivity contribution in [2.24, 2.45) is 0 Å². The van der Waals surface area contributed by atoms with Crippen molar-refractivity contribution in [1.29, 1.82) is 0 Å². The van der Waals surface area contributed by atoms with Gasteiger partial charge in [-0.1, -0.05) is 37.3 Å². The summed E-state index contributed by atoms with van der Waals surface area (Å²) in [5.41, 5.74) is 1.39. The van der Waals surface area contributed by atoms with E-state index in [0.29, 0.717) is 12.1 Å². The number of benzene rings is 1. The molecule has 1 saturated heterocycles. The lowest BCUT2D eigenvalue weighted by molar-refractivity contribution is 0.0789. The van der Waals surface area contributed by atoms with Crippen LogP contribution in [-0.2, 0) is 11.2 Å². The monoisotopic (exact) mass is 255 g/mol. The van der Waals surface area contributed by atoms with E-state index in [9.17, 15) is 0 Å². The molecule has 96 valence electrons. The number of nitrogens with one attached hydrogen (secondary N) is 1. The maximum Gasteiger partial charge on any atom is 0.0732 e. The van der Waals surface area contributed by atoms with E-state index in [1.807, 2.05) is 0 Å². The van der Waals surface area contributed by atoms with Gasteiger partial charge in [0.05, 0.1) is 6.10 Å². The Morgan fingerprint density at radius 3 is 2.71 bits per heavy atom.